The normalized spacial score (nSPS) is 13.5. The smallest absolute Gasteiger partial charge is 0.307 e. The summed E-state index contributed by atoms with van der Waals surface area (Å²) in [6.45, 7) is 8.40. The van der Waals surface area contributed by atoms with Crippen LogP contribution in [0.2, 0.25) is 0 Å². The molecule has 0 aromatic heterocycles. The van der Waals surface area contributed by atoms with Crippen LogP contribution in [0.25, 0.3) is 0 Å². The fraction of sp³-hybridized carbons (Fsp3) is 0.769. The highest BCUT2D eigenvalue weighted by Crippen LogP contribution is 2.10. The minimum absolute atomic E-state index is 0.00997. The highest BCUT2D eigenvalue weighted by molar-refractivity contribution is 5.84. The van der Waals surface area contributed by atoms with Crippen molar-refractivity contribution in [2.24, 2.45) is 11.8 Å². The van der Waals surface area contributed by atoms with E-state index in [2.05, 4.69) is 5.32 Å². The van der Waals surface area contributed by atoms with Crippen LogP contribution in [0.3, 0.4) is 0 Å². The van der Waals surface area contributed by atoms with Gasteiger partial charge in [0, 0.05) is 32.0 Å². The molecular formula is C13H24N2O4. The van der Waals surface area contributed by atoms with Crippen LogP contribution in [0.1, 0.15) is 34.1 Å². The van der Waals surface area contributed by atoms with Crippen molar-refractivity contribution in [2.45, 2.75) is 34.1 Å². The summed E-state index contributed by atoms with van der Waals surface area (Å²) in [7, 11) is 0. The number of nitrogens with one attached hydrogen (secondary N) is 1. The quantitative estimate of drug-likeness (QED) is 0.681. The van der Waals surface area contributed by atoms with E-state index in [1.807, 2.05) is 13.8 Å². The molecule has 0 aromatic rings. The van der Waals surface area contributed by atoms with Gasteiger partial charge >= 0.3 is 5.97 Å². The van der Waals surface area contributed by atoms with Gasteiger partial charge in [0.25, 0.3) is 0 Å². The summed E-state index contributed by atoms with van der Waals surface area (Å²) in [5, 5.41) is 11.4. The first kappa shape index (κ1) is 17.4. The second-order valence-electron chi connectivity index (χ2n) is 4.52. The summed E-state index contributed by atoms with van der Waals surface area (Å²) in [4.78, 5) is 35.8. The van der Waals surface area contributed by atoms with Crippen LogP contribution < -0.4 is 5.32 Å². The molecule has 0 heterocycles. The topological polar surface area (TPSA) is 86.7 Å². The van der Waals surface area contributed by atoms with E-state index < -0.39 is 17.8 Å². The van der Waals surface area contributed by atoms with Gasteiger partial charge in [-0.05, 0) is 13.8 Å². The second-order valence-corrected chi connectivity index (χ2v) is 4.52. The zero-order chi connectivity index (χ0) is 15.0. The average Bonchev–Trinajstić information content (AvgIpc) is 2.38. The number of hydrogen-bond acceptors (Lipinski definition) is 3. The number of hydrogen-bond donors (Lipinski definition) is 2. The largest absolute Gasteiger partial charge is 0.481 e. The molecule has 0 fully saturated rings. The number of carbonyl (C=O) groups is 3. The van der Waals surface area contributed by atoms with Gasteiger partial charge in [-0.1, -0.05) is 13.8 Å². The number of carboxylic acid groups (broad SMARTS) is 1. The molecule has 19 heavy (non-hydrogen) atoms. The Kier molecular flexibility index (Phi) is 7.79. The van der Waals surface area contributed by atoms with E-state index in [-0.39, 0.29) is 24.8 Å². The Bertz CT molecular complexity index is 327. The SMILES string of the molecule is CCN(CC)C(=O)CCNC(=O)C(C)C(C)C(=O)O. The first-order chi connectivity index (χ1) is 8.84. The molecule has 2 unspecified atom stereocenters. The maximum atomic E-state index is 11.7. The molecule has 0 bridgehead atoms. The van der Waals surface area contributed by atoms with E-state index in [9.17, 15) is 14.4 Å². The van der Waals surface area contributed by atoms with Crippen LogP contribution in [0.5, 0.6) is 0 Å². The second kappa shape index (κ2) is 8.50. The first-order valence-electron chi connectivity index (χ1n) is 6.63. The molecule has 110 valence electrons. The number of amides is 2. The van der Waals surface area contributed by atoms with Crippen molar-refractivity contribution in [3.63, 3.8) is 0 Å². The average molecular weight is 272 g/mol. The van der Waals surface area contributed by atoms with Gasteiger partial charge in [-0.15, -0.1) is 0 Å². The van der Waals surface area contributed by atoms with E-state index in [1.165, 1.54) is 6.92 Å². The highest BCUT2D eigenvalue weighted by atomic mass is 16.4. The number of rotatable bonds is 8. The Labute approximate surface area is 114 Å². The monoisotopic (exact) mass is 272 g/mol. The van der Waals surface area contributed by atoms with Crippen LogP contribution in [0, 0.1) is 11.8 Å². The summed E-state index contributed by atoms with van der Waals surface area (Å²) in [5.74, 6) is -2.69. The molecule has 2 N–H and O–H groups in total. The van der Waals surface area contributed by atoms with E-state index in [1.54, 1.807) is 11.8 Å². The standard InChI is InChI=1S/C13H24N2O4/c1-5-15(6-2)11(16)7-8-14-12(17)9(3)10(4)13(18)19/h9-10H,5-8H2,1-4H3,(H,14,17)(H,18,19). The number of carbonyl (C=O) groups excluding carboxylic acids is 2. The number of carboxylic acids is 1. The molecule has 6 nitrogen and oxygen atoms in total. The van der Waals surface area contributed by atoms with Crippen molar-refractivity contribution in [1.29, 1.82) is 0 Å². The van der Waals surface area contributed by atoms with Crippen LogP contribution >= 0.6 is 0 Å². The van der Waals surface area contributed by atoms with Gasteiger partial charge in [-0.3, -0.25) is 14.4 Å². The molecule has 2 atom stereocenters. The highest BCUT2D eigenvalue weighted by Gasteiger charge is 2.25. The molecule has 0 aromatic carbocycles. The van der Waals surface area contributed by atoms with Crippen molar-refractivity contribution in [3.8, 4) is 0 Å². The van der Waals surface area contributed by atoms with Crippen LogP contribution in [-0.4, -0.2) is 47.4 Å². The minimum Gasteiger partial charge on any atom is -0.481 e. The molecule has 0 aliphatic heterocycles. The van der Waals surface area contributed by atoms with Crippen molar-refractivity contribution in [1.82, 2.24) is 10.2 Å². The predicted octanol–water partition coefficient (Wildman–Crippen LogP) is 0.718. The molecule has 2 amide bonds. The lowest BCUT2D eigenvalue weighted by Gasteiger charge is -2.19. The van der Waals surface area contributed by atoms with Crippen molar-refractivity contribution < 1.29 is 19.5 Å². The number of nitrogens with zero attached hydrogens (tertiary/aromatic N) is 1. The van der Waals surface area contributed by atoms with E-state index in [0.717, 1.165) is 0 Å². The molecule has 0 saturated heterocycles. The maximum Gasteiger partial charge on any atom is 0.307 e. The fourth-order valence-corrected chi connectivity index (χ4v) is 1.63. The Morgan fingerprint density at radius 3 is 2.05 bits per heavy atom. The molecule has 6 heteroatoms. The molecule has 0 radical (unpaired) electrons. The Balaban J connectivity index is 4.11. The van der Waals surface area contributed by atoms with Crippen molar-refractivity contribution >= 4 is 17.8 Å². The van der Waals surface area contributed by atoms with Crippen LogP contribution in [-0.2, 0) is 14.4 Å². The predicted molar refractivity (Wildman–Crippen MR) is 71.5 cm³/mol. The van der Waals surface area contributed by atoms with Crippen molar-refractivity contribution in [2.75, 3.05) is 19.6 Å². The molecule has 0 spiro atoms. The Morgan fingerprint density at radius 2 is 1.63 bits per heavy atom. The summed E-state index contributed by atoms with van der Waals surface area (Å²) in [5.41, 5.74) is 0. The van der Waals surface area contributed by atoms with Gasteiger partial charge in [-0.25, -0.2) is 0 Å². The summed E-state index contributed by atoms with van der Waals surface area (Å²) < 4.78 is 0. The Morgan fingerprint density at radius 1 is 1.11 bits per heavy atom. The lowest BCUT2D eigenvalue weighted by atomic mass is 9.95. The lowest BCUT2D eigenvalue weighted by molar-refractivity contribution is -0.146. The third-order valence-corrected chi connectivity index (χ3v) is 3.31. The van der Waals surface area contributed by atoms with Gasteiger partial charge in [0.2, 0.25) is 11.8 Å². The van der Waals surface area contributed by atoms with Gasteiger partial charge in [-0.2, -0.15) is 0 Å². The molecular weight excluding hydrogens is 248 g/mol. The number of aliphatic carboxylic acids is 1. The van der Waals surface area contributed by atoms with Gasteiger partial charge in [0.1, 0.15) is 0 Å². The fourth-order valence-electron chi connectivity index (χ4n) is 1.63. The maximum absolute atomic E-state index is 11.7. The van der Waals surface area contributed by atoms with E-state index in [4.69, 9.17) is 5.11 Å². The van der Waals surface area contributed by atoms with Crippen LogP contribution in [0.4, 0.5) is 0 Å². The third-order valence-electron chi connectivity index (χ3n) is 3.31. The van der Waals surface area contributed by atoms with Gasteiger partial charge in [0.05, 0.1) is 5.92 Å². The van der Waals surface area contributed by atoms with Gasteiger partial charge < -0.3 is 15.3 Å². The minimum atomic E-state index is -0.998. The summed E-state index contributed by atoms with van der Waals surface area (Å²) in [6.07, 6.45) is 0.238. The Hall–Kier alpha value is -1.59. The van der Waals surface area contributed by atoms with E-state index in [0.29, 0.717) is 13.1 Å². The first-order valence-corrected chi connectivity index (χ1v) is 6.63. The van der Waals surface area contributed by atoms with Gasteiger partial charge in [0.15, 0.2) is 0 Å². The molecule has 0 aliphatic carbocycles. The molecule has 0 aliphatic rings. The summed E-state index contributed by atoms with van der Waals surface area (Å²) >= 11 is 0. The zero-order valence-corrected chi connectivity index (χ0v) is 12.1. The van der Waals surface area contributed by atoms with Crippen molar-refractivity contribution in [3.05, 3.63) is 0 Å². The third kappa shape index (κ3) is 5.72. The lowest BCUT2D eigenvalue weighted by Crippen LogP contribution is -2.38. The van der Waals surface area contributed by atoms with E-state index >= 15 is 0 Å². The zero-order valence-electron chi connectivity index (χ0n) is 12.1. The summed E-state index contributed by atoms with van der Waals surface area (Å²) in [6, 6.07) is 0. The molecule has 0 saturated carbocycles. The molecule has 0 rings (SSSR count). The van der Waals surface area contributed by atoms with Crippen LogP contribution in [0.15, 0.2) is 0 Å².